The molecule has 0 aromatic heterocycles. The average Bonchev–Trinajstić information content (AvgIpc) is 2.46. The van der Waals surface area contributed by atoms with Gasteiger partial charge in [0.2, 0.25) is 5.36 Å². The van der Waals surface area contributed by atoms with Crippen molar-refractivity contribution < 1.29 is 24.0 Å². The van der Waals surface area contributed by atoms with E-state index in [1.807, 2.05) is 11.3 Å². The van der Waals surface area contributed by atoms with E-state index in [-0.39, 0.29) is 24.0 Å². The lowest BCUT2D eigenvalue weighted by molar-refractivity contribution is -0.00000406. The Kier molecular flexibility index (Phi) is 5.38. The van der Waals surface area contributed by atoms with Crippen LogP contribution in [0.4, 0.5) is 0 Å². The summed E-state index contributed by atoms with van der Waals surface area (Å²) < 4.78 is 3.77. The van der Waals surface area contributed by atoms with E-state index >= 15 is 0 Å². The van der Waals surface area contributed by atoms with Crippen molar-refractivity contribution in [2.75, 3.05) is 13.1 Å². The molecule has 1 aliphatic carbocycles. The van der Waals surface area contributed by atoms with Gasteiger partial charge in [0.25, 0.3) is 0 Å². The fraction of sp³-hybridized carbons (Fsp3) is 0.278. The van der Waals surface area contributed by atoms with Crippen LogP contribution in [0.3, 0.4) is 0 Å². The minimum absolute atomic E-state index is 0. The van der Waals surface area contributed by atoms with Crippen molar-refractivity contribution >= 4 is 21.4 Å². The van der Waals surface area contributed by atoms with Crippen LogP contribution >= 0.6 is 11.3 Å². The van der Waals surface area contributed by atoms with Crippen molar-refractivity contribution in [1.29, 1.82) is 0 Å². The molecular formula is C18H20INS. The number of halogens is 1. The third-order valence-corrected chi connectivity index (χ3v) is 4.97. The van der Waals surface area contributed by atoms with Gasteiger partial charge in [0.1, 0.15) is 13.1 Å². The van der Waals surface area contributed by atoms with E-state index in [4.69, 9.17) is 0 Å². The van der Waals surface area contributed by atoms with Crippen LogP contribution in [-0.2, 0) is 0 Å². The molecule has 0 fully saturated rings. The second kappa shape index (κ2) is 6.88. The molecule has 1 aliphatic heterocycles. The molecule has 0 radical (unpaired) electrons. The van der Waals surface area contributed by atoms with Crippen molar-refractivity contribution in [1.82, 2.24) is 4.58 Å². The predicted molar refractivity (Wildman–Crippen MR) is 89.5 cm³/mol. The lowest BCUT2D eigenvalue weighted by atomic mass is 10.1. The quantitative estimate of drug-likeness (QED) is 0.339. The molecule has 0 unspecified atom stereocenters. The topological polar surface area (TPSA) is 3.01 Å². The Labute approximate surface area is 147 Å². The molecule has 0 amide bonds. The molecule has 0 atom stereocenters. The van der Waals surface area contributed by atoms with Gasteiger partial charge < -0.3 is 24.0 Å². The Bertz CT molecular complexity index is 798. The summed E-state index contributed by atoms with van der Waals surface area (Å²) in [7, 11) is 0. The van der Waals surface area contributed by atoms with Gasteiger partial charge in [-0.3, -0.25) is 0 Å². The molecule has 1 aromatic rings. The van der Waals surface area contributed by atoms with Gasteiger partial charge in [0.05, 0.1) is 0 Å². The minimum atomic E-state index is 0. The molecular weight excluding hydrogens is 389 g/mol. The Morgan fingerprint density at radius 3 is 2.43 bits per heavy atom. The van der Waals surface area contributed by atoms with Gasteiger partial charge in [-0.25, -0.2) is 4.58 Å². The number of aryl methyl sites for hydroxylation is 1. The molecule has 1 heterocycles. The smallest absolute Gasteiger partial charge is 0.201 e. The number of hydrogen-bond donors (Lipinski definition) is 0. The highest BCUT2D eigenvalue weighted by Crippen LogP contribution is 2.32. The number of fused-ring (bicyclic) bond motifs is 2. The fourth-order valence-electron chi connectivity index (χ4n) is 2.65. The Morgan fingerprint density at radius 1 is 0.952 bits per heavy atom. The summed E-state index contributed by atoms with van der Waals surface area (Å²) in [6.45, 7) is 8.68. The third-order valence-electron chi connectivity index (χ3n) is 3.83. The molecule has 0 saturated carbocycles. The monoisotopic (exact) mass is 409 g/mol. The maximum atomic E-state index is 2.40. The number of nitrogens with zero attached hydrogens (tertiary/aromatic N) is 1. The van der Waals surface area contributed by atoms with E-state index in [0.717, 1.165) is 13.1 Å². The average molecular weight is 409 g/mol. The van der Waals surface area contributed by atoms with Crippen LogP contribution < -0.4 is 33.9 Å². The first-order valence-corrected chi connectivity index (χ1v) is 8.05. The SMILES string of the molecule is CC[N+](CC)=c1ccc2cc3ccc(C)cc3sc-2c1.[I-]. The van der Waals surface area contributed by atoms with Gasteiger partial charge in [-0.15, -0.1) is 11.3 Å². The second-order valence-electron chi connectivity index (χ2n) is 5.18. The van der Waals surface area contributed by atoms with Gasteiger partial charge in [-0.1, -0.05) is 12.1 Å². The van der Waals surface area contributed by atoms with Crippen molar-refractivity contribution in [2.45, 2.75) is 20.8 Å². The molecule has 1 nitrogen and oxygen atoms in total. The molecule has 0 saturated heterocycles. The summed E-state index contributed by atoms with van der Waals surface area (Å²) in [5.74, 6) is 0. The van der Waals surface area contributed by atoms with Gasteiger partial charge in [0, 0.05) is 21.7 Å². The molecule has 0 N–H and O–H groups in total. The first kappa shape index (κ1) is 16.4. The van der Waals surface area contributed by atoms with Crippen LogP contribution in [0.25, 0.3) is 20.5 Å². The lowest BCUT2D eigenvalue weighted by Crippen LogP contribution is -3.00. The zero-order chi connectivity index (χ0) is 14.1. The van der Waals surface area contributed by atoms with Gasteiger partial charge in [0.15, 0.2) is 0 Å². The third kappa shape index (κ3) is 3.29. The number of hydrogen-bond acceptors (Lipinski definition) is 1. The molecule has 1 aromatic carbocycles. The Morgan fingerprint density at radius 2 is 1.71 bits per heavy atom. The van der Waals surface area contributed by atoms with Crippen molar-refractivity contribution in [3.8, 4) is 10.4 Å². The summed E-state index contributed by atoms with van der Waals surface area (Å²) in [6, 6.07) is 15.8. The first-order valence-electron chi connectivity index (χ1n) is 7.23. The highest BCUT2D eigenvalue weighted by molar-refractivity contribution is 7.21. The molecule has 0 bridgehead atoms. The second-order valence-corrected chi connectivity index (χ2v) is 6.27. The minimum Gasteiger partial charge on any atom is -1.00 e. The molecule has 110 valence electrons. The predicted octanol–water partition coefficient (Wildman–Crippen LogP) is 1.13. The summed E-state index contributed by atoms with van der Waals surface area (Å²) in [5.41, 5.74) is 2.66. The van der Waals surface area contributed by atoms with Crippen LogP contribution in [0, 0.1) is 6.92 Å². The highest BCUT2D eigenvalue weighted by atomic mass is 127. The van der Waals surface area contributed by atoms with Crippen LogP contribution in [0.15, 0.2) is 42.5 Å². The molecule has 2 aliphatic rings. The highest BCUT2D eigenvalue weighted by Gasteiger charge is 2.08. The van der Waals surface area contributed by atoms with Gasteiger partial charge in [-0.2, -0.15) is 0 Å². The number of benzene rings is 2. The normalized spacial score (nSPS) is 10.6. The maximum Gasteiger partial charge on any atom is 0.201 e. The molecule has 3 heteroatoms. The Hall–Kier alpha value is -0.940. The summed E-state index contributed by atoms with van der Waals surface area (Å²) >= 11 is 1.89. The standard InChI is InChI=1S/C18H20NS.HI/c1-4-19(5-2)16-9-8-15-11-14-7-6-13(3)10-17(14)20-18(15)12-16;/h6-12H,4-5H2,1-3H3;1H/q+1;/p-1. The Balaban J connectivity index is 0.00000161. The molecule has 3 rings (SSSR count). The zero-order valence-corrected chi connectivity index (χ0v) is 15.7. The van der Waals surface area contributed by atoms with E-state index in [1.54, 1.807) is 0 Å². The van der Waals surface area contributed by atoms with Crippen LogP contribution in [-0.4, -0.2) is 13.1 Å². The lowest BCUT2D eigenvalue weighted by Gasteiger charge is -2.07. The molecule has 0 spiro atoms. The fourth-order valence-corrected chi connectivity index (χ4v) is 3.80. The number of rotatable bonds is 2. The van der Waals surface area contributed by atoms with Gasteiger partial charge >= 0.3 is 0 Å². The van der Waals surface area contributed by atoms with Crippen molar-refractivity contribution in [2.24, 2.45) is 0 Å². The zero-order valence-electron chi connectivity index (χ0n) is 12.7. The molecule has 21 heavy (non-hydrogen) atoms. The van der Waals surface area contributed by atoms with Crippen molar-refractivity contribution in [3.63, 3.8) is 0 Å². The first-order chi connectivity index (χ1) is 9.71. The van der Waals surface area contributed by atoms with E-state index in [2.05, 4.69) is 67.8 Å². The van der Waals surface area contributed by atoms with Crippen LogP contribution in [0.5, 0.6) is 0 Å². The van der Waals surface area contributed by atoms with Crippen LogP contribution in [0.1, 0.15) is 19.4 Å². The van der Waals surface area contributed by atoms with E-state index in [1.165, 1.54) is 31.4 Å². The van der Waals surface area contributed by atoms with Crippen LogP contribution in [0.2, 0.25) is 0 Å². The largest absolute Gasteiger partial charge is 1.00 e. The summed E-state index contributed by atoms with van der Waals surface area (Å²) in [6.07, 6.45) is 0. The summed E-state index contributed by atoms with van der Waals surface area (Å²) in [4.78, 5) is 1.37. The van der Waals surface area contributed by atoms with Gasteiger partial charge in [-0.05, 0) is 55.5 Å². The van der Waals surface area contributed by atoms with E-state index in [0.29, 0.717) is 0 Å². The maximum absolute atomic E-state index is 2.40. The summed E-state index contributed by atoms with van der Waals surface area (Å²) in [5, 5.41) is 2.66. The van der Waals surface area contributed by atoms with E-state index < -0.39 is 0 Å². The van der Waals surface area contributed by atoms with E-state index in [9.17, 15) is 0 Å². The van der Waals surface area contributed by atoms with Crippen molar-refractivity contribution in [3.05, 3.63) is 53.4 Å².